The highest BCUT2D eigenvalue weighted by Crippen LogP contribution is 2.34. The molecule has 0 unspecified atom stereocenters. The SMILES string of the molecule is C[C@H](Nc1ccc2c(c1)OCO2)C(=O)NCc1ccccc1. The zero-order valence-electron chi connectivity index (χ0n) is 12.3. The second kappa shape index (κ2) is 6.39. The molecule has 5 heteroatoms. The summed E-state index contributed by atoms with van der Waals surface area (Å²) in [5, 5.41) is 6.07. The zero-order valence-corrected chi connectivity index (χ0v) is 12.3. The van der Waals surface area contributed by atoms with E-state index in [9.17, 15) is 4.79 Å². The average molecular weight is 298 g/mol. The van der Waals surface area contributed by atoms with E-state index >= 15 is 0 Å². The largest absolute Gasteiger partial charge is 0.454 e. The Morgan fingerprint density at radius 3 is 2.73 bits per heavy atom. The summed E-state index contributed by atoms with van der Waals surface area (Å²) < 4.78 is 10.6. The third kappa shape index (κ3) is 3.31. The molecule has 2 aromatic carbocycles. The number of anilines is 1. The molecule has 0 aromatic heterocycles. The van der Waals surface area contributed by atoms with Gasteiger partial charge in [-0.25, -0.2) is 0 Å². The molecule has 2 N–H and O–H groups in total. The van der Waals surface area contributed by atoms with E-state index < -0.39 is 0 Å². The summed E-state index contributed by atoms with van der Waals surface area (Å²) in [5.74, 6) is 1.37. The zero-order chi connectivity index (χ0) is 15.4. The van der Waals surface area contributed by atoms with Crippen LogP contribution in [0.5, 0.6) is 11.5 Å². The molecule has 0 spiro atoms. The second-order valence-electron chi connectivity index (χ2n) is 5.14. The van der Waals surface area contributed by atoms with E-state index in [1.807, 2.05) is 55.5 Å². The van der Waals surface area contributed by atoms with E-state index in [2.05, 4.69) is 10.6 Å². The third-order valence-electron chi connectivity index (χ3n) is 3.46. The van der Waals surface area contributed by atoms with Crippen molar-refractivity contribution in [2.45, 2.75) is 19.5 Å². The van der Waals surface area contributed by atoms with Gasteiger partial charge >= 0.3 is 0 Å². The normalized spacial score (nSPS) is 13.5. The van der Waals surface area contributed by atoms with Crippen molar-refractivity contribution in [2.24, 2.45) is 0 Å². The van der Waals surface area contributed by atoms with Crippen molar-refractivity contribution in [3.05, 3.63) is 54.1 Å². The second-order valence-corrected chi connectivity index (χ2v) is 5.14. The molecule has 22 heavy (non-hydrogen) atoms. The van der Waals surface area contributed by atoms with E-state index in [1.54, 1.807) is 0 Å². The van der Waals surface area contributed by atoms with Crippen molar-refractivity contribution in [3.63, 3.8) is 0 Å². The highest BCUT2D eigenvalue weighted by Gasteiger charge is 2.16. The summed E-state index contributed by atoms with van der Waals surface area (Å²) in [4.78, 5) is 12.1. The van der Waals surface area contributed by atoms with E-state index in [-0.39, 0.29) is 18.7 Å². The van der Waals surface area contributed by atoms with Crippen LogP contribution >= 0.6 is 0 Å². The monoisotopic (exact) mass is 298 g/mol. The first-order chi connectivity index (χ1) is 10.7. The fraction of sp³-hybridized carbons (Fsp3) is 0.235. The standard InChI is InChI=1S/C17H18N2O3/c1-12(17(20)18-10-13-5-3-2-4-6-13)19-14-7-8-15-16(9-14)22-11-21-15/h2-9,12,19H,10-11H2,1H3,(H,18,20)/t12-/m0/s1. The van der Waals surface area contributed by atoms with Gasteiger partial charge in [0.1, 0.15) is 6.04 Å². The molecule has 0 saturated carbocycles. The molecule has 5 nitrogen and oxygen atoms in total. The van der Waals surface area contributed by atoms with E-state index in [0.29, 0.717) is 12.3 Å². The maximum atomic E-state index is 12.1. The molecule has 2 aromatic rings. The Kier molecular flexibility index (Phi) is 4.14. The smallest absolute Gasteiger partial charge is 0.242 e. The number of ether oxygens (including phenoxy) is 2. The molecule has 0 aliphatic carbocycles. The Morgan fingerprint density at radius 1 is 1.14 bits per heavy atom. The van der Waals surface area contributed by atoms with Crippen molar-refractivity contribution in [1.29, 1.82) is 0 Å². The maximum Gasteiger partial charge on any atom is 0.242 e. The molecule has 0 fully saturated rings. The Balaban J connectivity index is 1.55. The van der Waals surface area contributed by atoms with Crippen LogP contribution < -0.4 is 20.1 Å². The molecule has 0 radical (unpaired) electrons. The Morgan fingerprint density at radius 2 is 1.91 bits per heavy atom. The van der Waals surface area contributed by atoms with Crippen LogP contribution in [-0.2, 0) is 11.3 Å². The summed E-state index contributed by atoms with van der Waals surface area (Å²) in [6, 6.07) is 15.0. The fourth-order valence-corrected chi connectivity index (χ4v) is 2.24. The molecule has 1 amide bonds. The number of carbonyl (C=O) groups is 1. The van der Waals surface area contributed by atoms with Gasteiger partial charge in [0.25, 0.3) is 0 Å². The Bertz CT molecular complexity index is 658. The van der Waals surface area contributed by atoms with E-state index in [1.165, 1.54) is 0 Å². The van der Waals surface area contributed by atoms with Crippen LogP contribution in [0, 0.1) is 0 Å². The van der Waals surface area contributed by atoms with E-state index in [0.717, 1.165) is 17.0 Å². The van der Waals surface area contributed by atoms with Crippen molar-refractivity contribution in [3.8, 4) is 11.5 Å². The van der Waals surface area contributed by atoms with Crippen LogP contribution in [0.25, 0.3) is 0 Å². The maximum absolute atomic E-state index is 12.1. The summed E-state index contributed by atoms with van der Waals surface area (Å²) in [6.45, 7) is 2.59. The number of benzene rings is 2. The van der Waals surface area contributed by atoms with Crippen molar-refractivity contribution < 1.29 is 14.3 Å². The van der Waals surface area contributed by atoms with Crippen LogP contribution in [0.15, 0.2) is 48.5 Å². The first-order valence-electron chi connectivity index (χ1n) is 7.20. The molecule has 1 atom stereocenters. The quantitative estimate of drug-likeness (QED) is 0.890. The number of hydrogen-bond donors (Lipinski definition) is 2. The lowest BCUT2D eigenvalue weighted by Crippen LogP contribution is -2.37. The first kappa shape index (κ1) is 14.3. The minimum atomic E-state index is -0.343. The predicted molar refractivity (Wildman–Crippen MR) is 83.9 cm³/mol. The van der Waals surface area contributed by atoms with Gasteiger partial charge in [-0.15, -0.1) is 0 Å². The lowest BCUT2D eigenvalue weighted by atomic mass is 10.2. The van der Waals surface area contributed by atoms with E-state index in [4.69, 9.17) is 9.47 Å². The summed E-state index contributed by atoms with van der Waals surface area (Å²) in [6.07, 6.45) is 0. The third-order valence-corrected chi connectivity index (χ3v) is 3.46. The molecule has 1 aliphatic rings. The highest BCUT2D eigenvalue weighted by molar-refractivity contribution is 5.84. The topological polar surface area (TPSA) is 59.6 Å². The van der Waals surface area contributed by atoms with Crippen LogP contribution in [-0.4, -0.2) is 18.7 Å². The van der Waals surface area contributed by atoms with Crippen molar-refractivity contribution >= 4 is 11.6 Å². The average Bonchev–Trinajstić information content (AvgIpc) is 3.01. The van der Waals surface area contributed by atoms with Crippen LogP contribution in [0.4, 0.5) is 5.69 Å². The lowest BCUT2D eigenvalue weighted by Gasteiger charge is -2.15. The summed E-state index contributed by atoms with van der Waals surface area (Å²) in [7, 11) is 0. The van der Waals surface area contributed by atoms with Crippen molar-refractivity contribution in [2.75, 3.05) is 12.1 Å². The lowest BCUT2D eigenvalue weighted by molar-refractivity contribution is -0.121. The van der Waals surface area contributed by atoms with Crippen molar-refractivity contribution in [1.82, 2.24) is 5.32 Å². The molecule has 114 valence electrons. The minimum absolute atomic E-state index is 0.0541. The molecule has 1 aliphatic heterocycles. The van der Waals surface area contributed by atoms with Gasteiger partial charge in [0.15, 0.2) is 11.5 Å². The molecule has 3 rings (SSSR count). The number of rotatable bonds is 5. The number of nitrogens with one attached hydrogen (secondary N) is 2. The number of hydrogen-bond acceptors (Lipinski definition) is 4. The summed E-state index contributed by atoms with van der Waals surface area (Å²) in [5.41, 5.74) is 1.90. The van der Waals surface area contributed by atoms with Gasteiger partial charge in [-0.05, 0) is 24.6 Å². The predicted octanol–water partition coefficient (Wildman–Crippen LogP) is 2.53. The molecular weight excluding hydrogens is 280 g/mol. The van der Waals surface area contributed by atoms with Gasteiger partial charge in [0.2, 0.25) is 12.7 Å². The number of fused-ring (bicyclic) bond motifs is 1. The van der Waals surface area contributed by atoms with Crippen LogP contribution in [0.1, 0.15) is 12.5 Å². The fourth-order valence-electron chi connectivity index (χ4n) is 2.24. The first-order valence-corrected chi connectivity index (χ1v) is 7.20. The molecule has 1 heterocycles. The van der Waals surface area contributed by atoms with Crippen LogP contribution in [0.3, 0.4) is 0 Å². The molecular formula is C17H18N2O3. The minimum Gasteiger partial charge on any atom is -0.454 e. The number of carbonyl (C=O) groups excluding carboxylic acids is 1. The molecule has 0 saturated heterocycles. The van der Waals surface area contributed by atoms with Gasteiger partial charge in [-0.3, -0.25) is 4.79 Å². The summed E-state index contributed by atoms with van der Waals surface area (Å²) >= 11 is 0. The Labute approximate surface area is 129 Å². The number of amides is 1. The van der Waals surface area contributed by atoms with Gasteiger partial charge < -0.3 is 20.1 Å². The van der Waals surface area contributed by atoms with Gasteiger partial charge in [-0.1, -0.05) is 30.3 Å². The highest BCUT2D eigenvalue weighted by atomic mass is 16.7. The Hall–Kier alpha value is -2.69. The van der Waals surface area contributed by atoms with Gasteiger partial charge in [0, 0.05) is 18.3 Å². The van der Waals surface area contributed by atoms with Gasteiger partial charge in [0.05, 0.1) is 0 Å². The molecule has 0 bridgehead atoms. The van der Waals surface area contributed by atoms with Gasteiger partial charge in [-0.2, -0.15) is 0 Å². The van der Waals surface area contributed by atoms with Crippen LogP contribution in [0.2, 0.25) is 0 Å².